The second-order valence-electron chi connectivity index (χ2n) is 7.67. The van der Waals surface area contributed by atoms with Crippen LogP contribution < -0.4 is 10.6 Å². The fourth-order valence-corrected chi connectivity index (χ4v) is 4.02. The number of carbonyl (C=O) groups is 1. The van der Waals surface area contributed by atoms with Crippen LogP contribution in [0.4, 0.5) is 11.5 Å². The predicted octanol–water partition coefficient (Wildman–Crippen LogP) is 5.24. The van der Waals surface area contributed by atoms with Crippen LogP contribution in [0, 0.1) is 0 Å². The molecule has 6 nitrogen and oxygen atoms in total. The Labute approximate surface area is 203 Å². The lowest BCUT2D eigenvalue weighted by atomic mass is 10.0. The zero-order valence-corrected chi connectivity index (χ0v) is 19.7. The molecule has 8 heteroatoms. The minimum Gasteiger partial charge on any atom is -0.385 e. The number of aliphatic imine (C=N–C) groups is 1. The maximum absolute atomic E-state index is 13.0. The Hall–Kier alpha value is -2.93. The van der Waals surface area contributed by atoms with Crippen molar-refractivity contribution in [1.29, 1.82) is 0 Å². The molecule has 1 aliphatic rings. The van der Waals surface area contributed by atoms with E-state index in [-0.39, 0.29) is 5.91 Å². The maximum atomic E-state index is 13.0. The summed E-state index contributed by atoms with van der Waals surface area (Å²) in [7, 11) is 1.68. The molecule has 0 saturated heterocycles. The van der Waals surface area contributed by atoms with Crippen molar-refractivity contribution in [3.05, 3.63) is 87.5 Å². The molecule has 2 aromatic carbocycles. The lowest BCUT2D eigenvalue weighted by molar-refractivity contribution is -0.117. The lowest BCUT2D eigenvalue weighted by Crippen LogP contribution is -2.27. The lowest BCUT2D eigenvalue weighted by Gasteiger charge is -2.12. The van der Waals surface area contributed by atoms with Crippen molar-refractivity contribution in [2.24, 2.45) is 4.99 Å². The number of nitrogens with one attached hydrogen (secondary N) is 2. The molecule has 3 aromatic rings. The summed E-state index contributed by atoms with van der Waals surface area (Å²) in [6, 6.07) is 16.0. The zero-order chi connectivity index (χ0) is 23.2. The van der Waals surface area contributed by atoms with Gasteiger partial charge in [0.05, 0.1) is 11.4 Å². The zero-order valence-electron chi connectivity index (χ0n) is 18.1. The Morgan fingerprint density at radius 3 is 2.73 bits per heavy atom. The van der Waals surface area contributed by atoms with Crippen LogP contribution >= 0.6 is 23.2 Å². The molecule has 1 amide bonds. The van der Waals surface area contributed by atoms with E-state index in [9.17, 15) is 4.79 Å². The van der Waals surface area contributed by atoms with Gasteiger partial charge in [-0.25, -0.2) is 4.98 Å². The Bertz CT molecular complexity index is 1170. The largest absolute Gasteiger partial charge is 0.385 e. The number of aromatic nitrogens is 1. The van der Waals surface area contributed by atoms with Crippen molar-refractivity contribution in [2.75, 3.05) is 30.9 Å². The first-order valence-corrected chi connectivity index (χ1v) is 11.4. The van der Waals surface area contributed by atoms with Crippen LogP contribution in [-0.2, 0) is 16.0 Å². The number of anilines is 2. The summed E-state index contributed by atoms with van der Waals surface area (Å²) in [4.78, 5) is 22.4. The van der Waals surface area contributed by atoms with E-state index >= 15 is 0 Å². The molecule has 4 rings (SSSR count). The highest BCUT2D eigenvalue weighted by Crippen LogP contribution is 2.29. The predicted molar refractivity (Wildman–Crippen MR) is 134 cm³/mol. The van der Waals surface area contributed by atoms with Gasteiger partial charge in [0, 0.05) is 54.1 Å². The van der Waals surface area contributed by atoms with E-state index in [0.29, 0.717) is 34.5 Å². The summed E-state index contributed by atoms with van der Waals surface area (Å²) in [6.45, 7) is 1.45. The first kappa shape index (κ1) is 23.2. The molecule has 33 heavy (non-hydrogen) atoms. The van der Waals surface area contributed by atoms with Crippen molar-refractivity contribution in [3.63, 3.8) is 0 Å². The van der Waals surface area contributed by atoms with Gasteiger partial charge in [-0.3, -0.25) is 9.79 Å². The van der Waals surface area contributed by atoms with E-state index in [0.717, 1.165) is 35.5 Å². The van der Waals surface area contributed by atoms with E-state index in [1.165, 1.54) is 0 Å². The number of rotatable bonds is 8. The molecular formula is C25H24Cl2N4O2. The summed E-state index contributed by atoms with van der Waals surface area (Å²) in [5, 5.41) is 7.43. The Balaban J connectivity index is 1.68. The molecule has 2 N–H and O–H groups in total. The minimum absolute atomic E-state index is 0.196. The SMILES string of the molecule is COCCCNc1ccc(C2=NC(Cc3ccccc3Cl)C(=O)Nc3ccc(Cl)cc32)cn1. The van der Waals surface area contributed by atoms with E-state index < -0.39 is 6.04 Å². The second kappa shape index (κ2) is 10.8. The third-order valence-electron chi connectivity index (χ3n) is 5.32. The molecule has 2 heterocycles. The number of halogens is 2. The van der Waals surface area contributed by atoms with Crippen LogP contribution in [0.5, 0.6) is 0 Å². The highest BCUT2D eigenvalue weighted by molar-refractivity contribution is 6.32. The normalized spacial score (nSPS) is 15.3. The first-order valence-electron chi connectivity index (χ1n) is 10.7. The number of ether oxygens (including phenoxy) is 1. The molecule has 1 atom stereocenters. The number of hydrogen-bond acceptors (Lipinski definition) is 5. The number of nitrogens with zero attached hydrogens (tertiary/aromatic N) is 2. The molecule has 170 valence electrons. The summed E-state index contributed by atoms with van der Waals surface area (Å²) < 4.78 is 5.07. The molecule has 0 fully saturated rings. The number of methoxy groups -OCH3 is 1. The number of benzodiazepines with no additional fused rings is 1. The van der Waals surface area contributed by atoms with E-state index in [1.54, 1.807) is 25.4 Å². The first-order chi connectivity index (χ1) is 16.0. The molecule has 1 aromatic heterocycles. The van der Waals surface area contributed by atoms with Crippen LogP contribution in [-0.4, -0.2) is 42.9 Å². The van der Waals surface area contributed by atoms with E-state index in [1.807, 2.05) is 42.5 Å². The third-order valence-corrected chi connectivity index (χ3v) is 5.93. The molecule has 0 spiro atoms. The number of hydrogen-bond donors (Lipinski definition) is 2. The molecule has 0 aliphatic carbocycles. The van der Waals surface area contributed by atoms with Crippen molar-refractivity contribution >= 4 is 46.3 Å². The smallest absolute Gasteiger partial charge is 0.249 e. The van der Waals surface area contributed by atoms with Crippen LogP contribution in [0.2, 0.25) is 10.0 Å². The van der Waals surface area contributed by atoms with Crippen molar-refractivity contribution in [2.45, 2.75) is 18.9 Å². The molecule has 0 radical (unpaired) electrons. The number of amides is 1. The molecular weight excluding hydrogens is 459 g/mol. The van der Waals surface area contributed by atoms with E-state index in [2.05, 4.69) is 15.6 Å². The highest BCUT2D eigenvalue weighted by Gasteiger charge is 2.27. The van der Waals surface area contributed by atoms with Gasteiger partial charge in [0.1, 0.15) is 11.9 Å². The highest BCUT2D eigenvalue weighted by atomic mass is 35.5. The Morgan fingerprint density at radius 1 is 1.12 bits per heavy atom. The summed E-state index contributed by atoms with van der Waals surface area (Å²) >= 11 is 12.6. The average Bonchev–Trinajstić information content (AvgIpc) is 2.95. The van der Waals surface area contributed by atoms with Crippen molar-refractivity contribution in [1.82, 2.24) is 4.98 Å². The maximum Gasteiger partial charge on any atom is 0.249 e. The molecule has 0 bridgehead atoms. The molecule has 1 unspecified atom stereocenters. The summed E-state index contributed by atoms with van der Waals surface area (Å²) in [5.41, 5.74) is 3.72. The molecule has 0 saturated carbocycles. The Kier molecular flexibility index (Phi) is 7.60. The van der Waals surface area contributed by atoms with Crippen LogP contribution in [0.3, 0.4) is 0 Å². The van der Waals surface area contributed by atoms with Gasteiger partial charge in [-0.15, -0.1) is 0 Å². The van der Waals surface area contributed by atoms with Gasteiger partial charge in [0.2, 0.25) is 5.91 Å². The fraction of sp³-hybridized carbons (Fsp3) is 0.240. The number of fused-ring (bicyclic) bond motifs is 1. The topological polar surface area (TPSA) is 75.6 Å². The van der Waals surface area contributed by atoms with Crippen LogP contribution in [0.25, 0.3) is 0 Å². The van der Waals surface area contributed by atoms with Gasteiger partial charge < -0.3 is 15.4 Å². The van der Waals surface area contributed by atoms with Crippen molar-refractivity contribution in [3.8, 4) is 0 Å². The standard InChI is InChI=1S/C25H24Cl2N4O2/c1-33-12-4-11-28-23-10-7-17(15-29-23)24-19-14-18(26)8-9-21(19)31-25(32)22(30-24)13-16-5-2-3-6-20(16)27/h2-3,5-10,14-15,22H,4,11-13H2,1H3,(H,28,29)(H,31,32). The van der Waals surface area contributed by atoms with Gasteiger partial charge in [-0.05, 0) is 48.4 Å². The average molecular weight is 483 g/mol. The number of pyridine rings is 1. The van der Waals surface area contributed by atoms with Gasteiger partial charge in [-0.1, -0.05) is 41.4 Å². The quantitative estimate of drug-likeness (QED) is 0.430. The molecule has 1 aliphatic heterocycles. The number of carbonyl (C=O) groups excluding carboxylic acids is 1. The third kappa shape index (κ3) is 5.71. The minimum atomic E-state index is -0.655. The second-order valence-corrected chi connectivity index (χ2v) is 8.52. The van der Waals surface area contributed by atoms with Gasteiger partial charge in [0.15, 0.2) is 0 Å². The van der Waals surface area contributed by atoms with Gasteiger partial charge in [-0.2, -0.15) is 0 Å². The van der Waals surface area contributed by atoms with Gasteiger partial charge >= 0.3 is 0 Å². The van der Waals surface area contributed by atoms with E-state index in [4.69, 9.17) is 32.9 Å². The monoisotopic (exact) mass is 482 g/mol. The summed E-state index contributed by atoms with van der Waals surface area (Å²) in [6.07, 6.45) is 3.02. The fourth-order valence-electron chi connectivity index (χ4n) is 3.63. The van der Waals surface area contributed by atoms with Crippen molar-refractivity contribution < 1.29 is 9.53 Å². The number of benzene rings is 2. The van der Waals surface area contributed by atoms with Gasteiger partial charge in [0.25, 0.3) is 0 Å². The summed E-state index contributed by atoms with van der Waals surface area (Å²) in [5.74, 6) is 0.565. The van der Waals surface area contributed by atoms with Crippen LogP contribution in [0.1, 0.15) is 23.1 Å². The van der Waals surface area contributed by atoms with Crippen LogP contribution in [0.15, 0.2) is 65.8 Å². The Morgan fingerprint density at radius 2 is 1.97 bits per heavy atom.